The van der Waals surface area contributed by atoms with Crippen LogP contribution in [0.4, 0.5) is 5.69 Å². The molecule has 2 aromatic rings. The Bertz CT molecular complexity index is 856. The molecule has 1 aliphatic rings. The van der Waals surface area contributed by atoms with Gasteiger partial charge in [0.1, 0.15) is 0 Å². The third kappa shape index (κ3) is 3.36. The minimum Gasteiger partial charge on any atom is -0.269 e. The number of nitrogens with zero attached hydrogens (tertiary/aromatic N) is 4. The number of hydrazone groups is 1. The summed E-state index contributed by atoms with van der Waals surface area (Å²) in [4.78, 5) is 0. The Morgan fingerprint density at radius 3 is 2.62 bits per heavy atom. The maximum absolute atomic E-state index is 11.7. The minimum atomic E-state index is -2.93. The molecule has 0 saturated carbocycles. The number of hydrogen-bond acceptors (Lipinski definition) is 5. The van der Waals surface area contributed by atoms with Gasteiger partial charge in [0.2, 0.25) is 0 Å². The number of rotatable bonds is 4. The van der Waals surface area contributed by atoms with Crippen LogP contribution in [0.3, 0.4) is 0 Å². The second-order valence-corrected chi connectivity index (χ2v) is 8.42. The summed E-state index contributed by atoms with van der Waals surface area (Å²) in [6, 6.07) is 9.82. The molecule has 1 saturated heterocycles. The molecule has 1 aromatic carbocycles. The first-order valence-corrected chi connectivity index (χ1v) is 9.78. The van der Waals surface area contributed by atoms with Gasteiger partial charge < -0.3 is 0 Å². The molecule has 3 rings (SSSR count). The summed E-state index contributed by atoms with van der Waals surface area (Å²) in [5, 5.41) is 10.8. The van der Waals surface area contributed by atoms with Crippen LogP contribution in [0.5, 0.6) is 0 Å². The van der Waals surface area contributed by atoms with E-state index in [1.54, 1.807) is 11.2 Å². The molecule has 7 heteroatoms. The van der Waals surface area contributed by atoms with Crippen LogP contribution in [0.2, 0.25) is 0 Å². The van der Waals surface area contributed by atoms with Gasteiger partial charge in [-0.1, -0.05) is 18.2 Å². The Hall–Kier alpha value is -2.15. The van der Waals surface area contributed by atoms with E-state index in [0.29, 0.717) is 6.42 Å². The zero-order valence-corrected chi connectivity index (χ0v) is 15.0. The number of aryl methyl sites for hydroxylation is 1. The lowest BCUT2D eigenvalue weighted by Gasteiger charge is -2.12. The largest absolute Gasteiger partial charge is 0.269 e. The van der Waals surface area contributed by atoms with Crippen molar-refractivity contribution in [2.24, 2.45) is 5.10 Å². The maximum atomic E-state index is 11.7. The first-order chi connectivity index (χ1) is 11.4. The van der Waals surface area contributed by atoms with Gasteiger partial charge >= 0.3 is 0 Å². The molecule has 0 aliphatic carbocycles. The summed E-state index contributed by atoms with van der Waals surface area (Å²) < 4.78 is 25.3. The molecule has 2 heterocycles. The molecule has 128 valence electrons. The summed E-state index contributed by atoms with van der Waals surface area (Å²) >= 11 is 0. The molecule has 0 unspecified atom stereocenters. The van der Waals surface area contributed by atoms with Crippen molar-refractivity contribution in [2.45, 2.75) is 26.3 Å². The van der Waals surface area contributed by atoms with Crippen molar-refractivity contribution in [2.75, 3.05) is 23.6 Å². The number of hydrogen-bond donors (Lipinski definition) is 0. The van der Waals surface area contributed by atoms with Crippen LogP contribution in [-0.4, -0.2) is 43.0 Å². The molecular weight excluding hydrogens is 324 g/mol. The van der Waals surface area contributed by atoms with E-state index < -0.39 is 9.84 Å². The first kappa shape index (κ1) is 16.7. The lowest BCUT2D eigenvalue weighted by atomic mass is 10.2. The van der Waals surface area contributed by atoms with E-state index in [2.05, 4.69) is 10.2 Å². The SMILES string of the molecule is Cc1nn([C@@H]2CCS(=O)(=O)C2)c(C)c1/C=N\N(C)c1ccccc1. The monoisotopic (exact) mass is 346 g/mol. The van der Waals surface area contributed by atoms with Gasteiger partial charge in [-0.3, -0.25) is 9.69 Å². The minimum absolute atomic E-state index is 0.0669. The van der Waals surface area contributed by atoms with E-state index in [4.69, 9.17) is 0 Å². The average Bonchev–Trinajstić information content (AvgIpc) is 3.05. The molecule has 1 aliphatic heterocycles. The average molecular weight is 346 g/mol. The van der Waals surface area contributed by atoms with Crippen LogP contribution in [0.25, 0.3) is 0 Å². The highest BCUT2D eigenvalue weighted by atomic mass is 32.2. The first-order valence-electron chi connectivity index (χ1n) is 7.96. The molecule has 1 atom stereocenters. The molecule has 6 nitrogen and oxygen atoms in total. The third-order valence-electron chi connectivity index (χ3n) is 4.43. The van der Waals surface area contributed by atoms with Crippen molar-refractivity contribution < 1.29 is 8.42 Å². The van der Waals surface area contributed by atoms with Gasteiger partial charge in [0.25, 0.3) is 0 Å². The normalized spacial score (nSPS) is 19.9. The van der Waals surface area contributed by atoms with E-state index >= 15 is 0 Å². The zero-order valence-electron chi connectivity index (χ0n) is 14.2. The topological polar surface area (TPSA) is 67.6 Å². The Balaban J connectivity index is 1.83. The number of aromatic nitrogens is 2. The van der Waals surface area contributed by atoms with Gasteiger partial charge in [-0.05, 0) is 32.4 Å². The maximum Gasteiger partial charge on any atom is 0.152 e. The highest BCUT2D eigenvalue weighted by molar-refractivity contribution is 7.91. The van der Waals surface area contributed by atoms with E-state index in [1.165, 1.54) is 0 Å². The summed E-state index contributed by atoms with van der Waals surface area (Å²) in [6.07, 6.45) is 2.43. The van der Waals surface area contributed by atoms with Gasteiger partial charge in [0.15, 0.2) is 9.84 Å². The molecule has 0 amide bonds. The Labute approximate surface area is 142 Å². The highest BCUT2D eigenvalue weighted by Gasteiger charge is 2.31. The quantitative estimate of drug-likeness (QED) is 0.629. The summed E-state index contributed by atoms with van der Waals surface area (Å²) in [6.45, 7) is 3.89. The second-order valence-electron chi connectivity index (χ2n) is 6.19. The van der Waals surface area contributed by atoms with Gasteiger partial charge in [-0.15, -0.1) is 0 Å². The molecular formula is C17H22N4O2S. The summed E-state index contributed by atoms with van der Waals surface area (Å²) in [5.41, 5.74) is 3.77. The van der Waals surface area contributed by atoms with Gasteiger partial charge in [-0.2, -0.15) is 10.2 Å². The van der Waals surface area contributed by atoms with Crippen molar-refractivity contribution in [1.29, 1.82) is 0 Å². The van der Waals surface area contributed by atoms with Crippen LogP contribution in [0.15, 0.2) is 35.4 Å². The molecule has 0 bridgehead atoms. The predicted octanol–water partition coefficient (Wildman–Crippen LogP) is 2.33. The zero-order chi connectivity index (χ0) is 17.3. The van der Waals surface area contributed by atoms with Crippen LogP contribution in [0, 0.1) is 13.8 Å². The summed E-state index contributed by atoms with van der Waals surface area (Å²) in [7, 11) is -1.04. The predicted molar refractivity (Wildman–Crippen MR) is 96.4 cm³/mol. The van der Waals surface area contributed by atoms with Crippen molar-refractivity contribution >= 4 is 21.7 Å². The lowest BCUT2D eigenvalue weighted by Crippen LogP contribution is -2.14. The summed E-state index contributed by atoms with van der Waals surface area (Å²) in [5.74, 6) is 0.422. The molecule has 24 heavy (non-hydrogen) atoms. The van der Waals surface area contributed by atoms with Crippen LogP contribution in [-0.2, 0) is 9.84 Å². The fraction of sp³-hybridized carbons (Fsp3) is 0.412. The number of anilines is 1. The number of benzene rings is 1. The number of sulfone groups is 1. The van der Waals surface area contributed by atoms with Crippen molar-refractivity contribution in [3.8, 4) is 0 Å². The van der Waals surface area contributed by atoms with Crippen LogP contribution < -0.4 is 5.01 Å². The van der Waals surface area contributed by atoms with Gasteiger partial charge in [0.05, 0.1) is 35.1 Å². The Morgan fingerprint density at radius 1 is 1.29 bits per heavy atom. The van der Waals surface area contributed by atoms with E-state index in [9.17, 15) is 8.42 Å². The fourth-order valence-electron chi connectivity index (χ4n) is 3.04. The third-order valence-corrected chi connectivity index (χ3v) is 6.18. The van der Waals surface area contributed by atoms with Gasteiger partial charge in [-0.25, -0.2) is 8.42 Å². The van der Waals surface area contributed by atoms with Gasteiger partial charge in [0, 0.05) is 18.3 Å². The molecule has 0 spiro atoms. The number of para-hydroxylation sites is 1. The lowest BCUT2D eigenvalue weighted by molar-refractivity contribution is 0.486. The standard InChI is InChI=1S/C17H22N4O2S/c1-13-17(11-18-20(3)15-7-5-4-6-8-15)14(2)21(19-13)16-9-10-24(22,23)12-16/h4-8,11,16H,9-10,12H2,1-3H3/b18-11-/t16-/m1/s1. The molecule has 1 fully saturated rings. The fourth-order valence-corrected chi connectivity index (χ4v) is 4.73. The Morgan fingerprint density at radius 2 is 2.00 bits per heavy atom. The van der Waals surface area contributed by atoms with Crippen LogP contribution in [0.1, 0.15) is 29.4 Å². The van der Waals surface area contributed by atoms with Crippen LogP contribution >= 0.6 is 0 Å². The molecule has 0 N–H and O–H groups in total. The van der Waals surface area contributed by atoms with E-state index in [1.807, 2.05) is 55.9 Å². The molecule has 1 aromatic heterocycles. The molecule has 0 radical (unpaired) electrons. The Kier molecular flexibility index (Phi) is 4.45. The highest BCUT2D eigenvalue weighted by Crippen LogP contribution is 2.26. The van der Waals surface area contributed by atoms with E-state index in [-0.39, 0.29) is 17.5 Å². The van der Waals surface area contributed by atoms with Crippen molar-refractivity contribution in [3.05, 3.63) is 47.3 Å². The smallest absolute Gasteiger partial charge is 0.152 e. The van der Waals surface area contributed by atoms with Crippen molar-refractivity contribution in [3.63, 3.8) is 0 Å². The second kappa shape index (κ2) is 6.39. The van der Waals surface area contributed by atoms with Crippen molar-refractivity contribution in [1.82, 2.24) is 9.78 Å². The van der Waals surface area contributed by atoms with E-state index in [0.717, 1.165) is 22.6 Å².